The Kier molecular flexibility index (Phi) is 7.53. The van der Waals surface area contributed by atoms with Crippen LogP contribution in [-0.2, 0) is 21.6 Å². The van der Waals surface area contributed by atoms with Crippen molar-refractivity contribution < 1.29 is 13.2 Å². The van der Waals surface area contributed by atoms with Gasteiger partial charge >= 0.3 is 0 Å². The van der Waals surface area contributed by atoms with E-state index < -0.39 is 9.84 Å². The fourth-order valence-corrected chi connectivity index (χ4v) is 6.90. The standard InChI is InChI=1S/C24H27BrN2O3S2/c1-2-30-21-7-3-18(4-8-21)15-20-17-31-24(26-20)27-13-11-23(12-14-27)32(28,29)22-9-5-19(16-25)6-10-22/h3-10,17,23H,2,11-16H2,1H3. The molecular weight excluding hydrogens is 508 g/mol. The summed E-state index contributed by atoms with van der Waals surface area (Å²) in [5.74, 6) is 0.882. The topological polar surface area (TPSA) is 59.5 Å². The van der Waals surface area contributed by atoms with Gasteiger partial charge in [0.2, 0.25) is 0 Å². The molecule has 1 saturated heterocycles. The van der Waals surface area contributed by atoms with Crippen LogP contribution >= 0.6 is 27.3 Å². The number of ether oxygens (including phenoxy) is 1. The number of thiazole rings is 1. The van der Waals surface area contributed by atoms with Gasteiger partial charge in [0.1, 0.15) is 5.75 Å². The third kappa shape index (κ3) is 5.35. The average Bonchev–Trinajstić information content (AvgIpc) is 3.29. The predicted octanol–water partition coefficient (Wildman–Crippen LogP) is 5.47. The fraction of sp³-hybridized carbons (Fsp3) is 0.375. The second-order valence-electron chi connectivity index (χ2n) is 7.88. The van der Waals surface area contributed by atoms with Crippen molar-refractivity contribution in [2.24, 2.45) is 0 Å². The minimum atomic E-state index is -3.31. The summed E-state index contributed by atoms with van der Waals surface area (Å²) in [5, 5.41) is 3.46. The number of nitrogens with zero attached hydrogens (tertiary/aromatic N) is 2. The highest BCUT2D eigenvalue weighted by Crippen LogP contribution is 2.30. The number of piperidine rings is 1. The maximum Gasteiger partial charge on any atom is 0.185 e. The van der Waals surface area contributed by atoms with E-state index in [1.165, 1.54) is 5.56 Å². The molecule has 1 aromatic heterocycles. The van der Waals surface area contributed by atoms with Gasteiger partial charge in [-0.25, -0.2) is 13.4 Å². The van der Waals surface area contributed by atoms with Crippen molar-refractivity contribution in [3.8, 4) is 5.75 Å². The highest BCUT2D eigenvalue weighted by atomic mass is 79.9. The van der Waals surface area contributed by atoms with Gasteiger partial charge < -0.3 is 9.64 Å². The molecule has 2 aromatic carbocycles. The van der Waals surface area contributed by atoms with Gasteiger partial charge in [-0.2, -0.15) is 0 Å². The summed E-state index contributed by atoms with van der Waals surface area (Å²) in [6, 6.07) is 15.3. The summed E-state index contributed by atoms with van der Waals surface area (Å²) in [6.07, 6.45) is 2.02. The molecule has 4 rings (SSSR count). The van der Waals surface area contributed by atoms with Crippen LogP contribution < -0.4 is 9.64 Å². The van der Waals surface area contributed by atoms with E-state index in [0.29, 0.717) is 37.4 Å². The molecule has 3 aromatic rings. The van der Waals surface area contributed by atoms with E-state index in [4.69, 9.17) is 9.72 Å². The van der Waals surface area contributed by atoms with Gasteiger partial charge in [-0.15, -0.1) is 11.3 Å². The Labute approximate surface area is 202 Å². The quantitative estimate of drug-likeness (QED) is 0.358. The van der Waals surface area contributed by atoms with Crippen molar-refractivity contribution in [1.29, 1.82) is 0 Å². The molecule has 2 heterocycles. The Morgan fingerprint density at radius 1 is 1.06 bits per heavy atom. The largest absolute Gasteiger partial charge is 0.494 e. The maximum atomic E-state index is 13.1. The van der Waals surface area contributed by atoms with Gasteiger partial charge in [0.05, 0.1) is 22.4 Å². The van der Waals surface area contributed by atoms with Crippen molar-refractivity contribution in [2.45, 2.75) is 41.7 Å². The zero-order chi connectivity index (χ0) is 22.6. The highest BCUT2D eigenvalue weighted by Gasteiger charge is 2.32. The number of hydrogen-bond donors (Lipinski definition) is 0. The van der Waals surface area contributed by atoms with Gasteiger partial charge in [-0.05, 0) is 55.2 Å². The number of alkyl halides is 1. The Hall–Kier alpha value is -1.90. The van der Waals surface area contributed by atoms with Crippen LogP contribution in [0.25, 0.3) is 0 Å². The minimum Gasteiger partial charge on any atom is -0.494 e. The van der Waals surface area contributed by atoms with Gasteiger partial charge in [0, 0.05) is 30.2 Å². The molecule has 0 atom stereocenters. The van der Waals surface area contributed by atoms with Crippen LogP contribution in [0.5, 0.6) is 5.75 Å². The van der Waals surface area contributed by atoms with Gasteiger partial charge in [-0.1, -0.05) is 40.2 Å². The molecule has 0 spiro atoms. The van der Waals surface area contributed by atoms with E-state index in [0.717, 1.165) is 33.9 Å². The number of aromatic nitrogens is 1. The second kappa shape index (κ2) is 10.4. The molecule has 1 aliphatic rings. The van der Waals surface area contributed by atoms with E-state index in [2.05, 4.69) is 38.3 Å². The van der Waals surface area contributed by atoms with Gasteiger partial charge in [0.25, 0.3) is 0 Å². The average molecular weight is 536 g/mol. The Balaban J connectivity index is 1.35. The smallest absolute Gasteiger partial charge is 0.185 e. The number of benzene rings is 2. The van der Waals surface area contributed by atoms with E-state index in [-0.39, 0.29) is 5.25 Å². The summed E-state index contributed by atoms with van der Waals surface area (Å²) >= 11 is 5.03. The van der Waals surface area contributed by atoms with Crippen molar-refractivity contribution in [2.75, 3.05) is 24.6 Å². The minimum absolute atomic E-state index is 0.336. The van der Waals surface area contributed by atoms with Crippen LogP contribution in [0.4, 0.5) is 5.13 Å². The molecule has 170 valence electrons. The maximum absolute atomic E-state index is 13.1. The zero-order valence-electron chi connectivity index (χ0n) is 18.0. The lowest BCUT2D eigenvalue weighted by molar-refractivity contribution is 0.340. The third-order valence-corrected chi connectivity index (χ3v) is 9.59. The molecule has 1 aliphatic heterocycles. The molecule has 0 radical (unpaired) electrons. The first kappa shape index (κ1) is 23.3. The van der Waals surface area contributed by atoms with Gasteiger partial charge in [0.15, 0.2) is 15.0 Å². The lowest BCUT2D eigenvalue weighted by Crippen LogP contribution is -2.39. The SMILES string of the molecule is CCOc1ccc(Cc2csc(N3CCC(S(=O)(=O)c4ccc(CBr)cc4)CC3)n2)cc1. The molecule has 0 N–H and O–H groups in total. The molecule has 0 aliphatic carbocycles. The second-order valence-corrected chi connectivity index (χ2v) is 11.5. The Bertz CT molecular complexity index is 1120. The van der Waals surface area contributed by atoms with Crippen LogP contribution in [0.1, 0.15) is 36.6 Å². The summed E-state index contributed by atoms with van der Waals surface area (Å²) in [5.41, 5.74) is 3.31. The third-order valence-electron chi connectivity index (χ3n) is 5.72. The molecule has 8 heteroatoms. The number of sulfone groups is 1. The number of anilines is 1. The molecule has 32 heavy (non-hydrogen) atoms. The first-order valence-corrected chi connectivity index (χ1v) is 14.3. The Morgan fingerprint density at radius 2 is 1.72 bits per heavy atom. The Morgan fingerprint density at radius 3 is 2.34 bits per heavy atom. The number of hydrogen-bond acceptors (Lipinski definition) is 6. The van der Waals surface area contributed by atoms with E-state index in [1.54, 1.807) is 23.5 Å². The molecule has 1 fully saturated rings. The lowest BCUT2D eigenvalue weighted by atomic mass is 10.1. The van der Waals surface area contributed by atoms with Crippen molar-refractivity contribution in [3.05, 3.63) is 70.7 Å². The predicted molar refractivity (Wildman–Crippen MR) is 134 cm³/mol. The van der Waals surface area contributed by atoms with Crippen molar-refractivity contribution in [3.63, 3.8) is 0 Å². The van der Waals surface area contributed by atoms with Crippen LogP contribution in [0.15, 0.2) is 58.8 Å². The normalized spacial score (nSPS) is 15.1. The summed E-state index contributed by atoms with van der Waals surface area (Å²) in [7, 11) is -3.31. The first-order valence-electron chi connectivity index (χ1n) is 10.8. The summed E-state index contributed by atoms with van der Waals surface area (Å²) in [4.78, 5) is 7.45. The number of rotatable bonds is 8. The van der Waals surface area contributed by atoms with E-state index >= 15 is 0 Å². The van der Waals surface area contributed by atoms with Crippen LogP contribution in [0.3, 0.4) is 0 Å². The van der Waals surface area contributed by atoms with Crippen LogP contribution in [0, 0.1) is 0 Å². The molecule has 0 saturated carbocycles. The van der Waals surface area contributed by atoms with Crippen molar-refractivity contribution >= 4 is 42.2 Å². The molecule has 0 bridgehead atoms. The van der Waals surface area contributed by atoms with Crippen LogP contribution in [0.2, 0.25) is 0 Å². The highest BCUT2D eigenvalue weighted by molar-refractivity contribution is 9.08. The molecule has 5 nitrogen and oxygen atoms in total. The van der Waals surface area contributed by atoms with Gasteiger partial charge in [-0.3, -0.25) is 0 Å². The first-order chi connectivity index (χ1) is 15.5. The molecular formula is C24H27BrN2O3S2. The molecule has 0 amide bonds. The fourth-order valence-electron chi connectivity index (χ4n) is 3.92. The monoisotopic (exact) mass is 534 g/mol. The van der Waals surface area contributed by atoms with E-state index in [1.807, 2.05) is 31.2 Å². The molecule has 0 unspecified atom stereocenters. The van der Waals surface area contributed by atoms with E-state index in [9.17, 15) is 8.42 Å². The zero-order valence-corrected chi connectivity index (χ0v) is 21.3. The summed E-state index contributed by atoms with van der Waals surface area (Å²) in [6.45, 7) is 4.06. The van der Waals surface area contributed by atoms with Crippen LogP contribution in [-0.4, -0.2) is 38.3 Å². The summed E-state index contributed by atoms with van der Waals surface area (Å²) < 4.78 is 31.6. The number of halogens is 1. The lowest BCUT2D eigenvalue weighted by Gasteiger charge is -2.31. The van der Waals surface area contributed by atoms with Crippen molar-refractivity contribution in [1.82, 2.24) is 4.98 Å².